The van der Waals surface area contributed by atoms with E-state index in [0.29, 0.717) is 0 Å². The molecule has 10 aromatic carbocycles. The molecule has 0 amide bonds. The van der Waals surface area contributed by atoms with Gasteiger partial charge in [0.1, 0.15) is 0 Å². The maximum Gasteiger partial charge on any atom is -0.00928 e. The lowest BCUT2D eigenvalue weighted by atomic mass is 9.90. The molecule has 10 rings (SSSR count). The lowest BCUT2D eigenvalue weighted by Crippen LogP contribution is -1.88. The summed E-state index contributed by atoms with van der Waals surface area (Å²) in [7, 11) is 0. The van der Waals surface area contributed by atoms with E-state index in [-0.39, 0.29) is 0 Å². The fourth-order valence-electron chi connectivity index (χ4n) is 8.09. The second kappa shape index (κ2) is 13.5. The third kappa shape index (κ3) is 5.85. The molecule has 0 heteroatoms. The van der Waals surface area contributed by atoms with Crippen molar-refractivity contribution in [2.75, 3.05) is 0 Å². The van der Waals surface area contributed by atoms with Crippen LogP contribution in [0.4, 0.5) is 0 Å². The fourth-order valence-corrected chi connectivity index (χ4v) is 8.09. The summed E-state index contributed by atoms with van der Waals surface area (Å²) in [4.78, 5) is 0. The molecule has 0 aliphatic carbocycles. The van der Waals surface area contributed by atoms with Crippen molar-refractivity contribution >= 4 is 32.3 Å². The molecule has 252 valence electrons. The topological polar surface area (TPSA) is 0 Å². The largest absolute Gasteiger partial charge is 0.0622 e. The zero-order chi connectivity index (χ0) is 35.8. The van der Waals surface area contributed by atoms with Gasteiger partial charge in [0.25, 0.3) is 0 Å². The van der Waals surface area contributed by atoms with Gasteiger partial charge in [-0.2, -0.15) is 0 Å². The molecular formula is C54H36. The molecule has 0 bridgehead atoms. The third-order valence-electron chi connectivity index (χ3n) is 10.8. The summed E-state index contributed by atoms with van der Waals surface area (Å²) in [5.74, 6) is 0. The van der Waals surface area contributed by atoms with E-state index in [1.165, 1.54) is 99.1 Å². The molecule has 0 saturated heterocycles. The first-order valence-corrected chi connectivity index (χ1v) is 18.7. The Hall–Kier alpha value is -7.02. The average Bonchev–Trinajstić information content (AvgIpc) is 3.27. The SMILES string of the molecule is c1ccc(-c2cccc(-c3cc(-c4ccc(-c5ccc6c7ccccc7c7ccccc7c6c5)cc4)cc(-c4cccc(-c5ccccc5)c4)c3)c2)cc1. The van der Waals surface area contributed by atoms with E-state index in [1.54, 1.807) is 0 Å². The minimum atomic E-state index is 1.19. The number of fused-ring (bicyclic) bond motifs is 6. The number of benzene rings is 10. The summed E-state index contributed by atoms with van der Waals surface area (Å²) in [5.41, 5.74) is 14.5. The second-order valence-electron chi connectivity index (χ2n) is 14.1. The van der Waals surface area contributed by atoms with Crippen LogP contribution in [0.15, 0.2) is 218 Å². The third-order valence-corrected chi connectivity index (χ3v) is 10.8. The predicted octanol–water partition coefficient (Wildman–Crippen LogP) is 15.1. The van der Waals surface area contributed by atoms with Crippen LogP contribution in [0.3, 0.4) is 0 Å². The Balaban J connectivity index is 1.08. The monoisotopic (exact) mass is 684 g/mol. The van der Waals surface area contributed by atoms with Gasteiger partial charge in [-0.25, -0.2) is 0 Å². The lowest BCUT2D eigenvalue weighted by molar-refractivity contribution is 1.55. The Kier molecular flexibility index (Phi) is 7.93. The van der Waals surface area contributed by atoms with Crippen molar-refractivity contribution in [2.45, 2.75) is 0 Å². The van der Waals surface area contributed by atoms with E-state index < -0.39 is 0 Å². The van der Waals surface area contributed by atoms with E-state index in [1.807, 2.05) is 0 Å². The molecule has 0 spiro atoms. The molecule has 0 nitrogen and oxygen atoms in total. The molecule has 0 fully saturated rings. The van der Waals surface area contributed by atoms with Crippen LogP contribution in [0.2, 0.25) is 0 Å². The van der Waals surface area contributed by atoms with Crippen LogP contribution < -0.4 is 0 Å². The quantitative estimate of drug-likeness (QED) is 0.153. The molecule has 0 heterocycles. The smallest absolute Gasteiger partial charge is 0.00928 e. The summed E-state index contributed by atoms with van der Waals surface area (Å²) in [5, 5.41) is 7.78. The van der Waals surface area contributed by atoms with Crippen molar-refractivity contribution in [2.24, 2.45) is 0 Å². The average molecular weight is 685 g/mol. The minimum absolute atomic E-state index is 1.19. The van der Waals surface area contributed by atoms with Crippen LogP contribution in [-0.4, -0.2) is 0 Å². The zero-order valence-electron chi connectivity index (χ0n) is 29.8. The number of hydrogen-bond acceptors (Lipinski definition) is 0. The molecule has 54 heavy (non-hydrogen) atoms. The summed E-state index contributed by atoms with van der Waals surface area (Å²) in [6.45, 7) is 0. The van der Waals surface area contributed by atoms with Crippen molar-refractivity contribution in [3.8, 4) is 66.8 Å². The molecule has 0 N–H and O–H groups in total. The van der Waals surface area contributed by atoms with Gasteiger partial charge in [0.15, 0.2) is 0 Å². The second-order valence-corrected chi connectivity index (χ2v) is 14.1. The van der Waals surface area contributed by atoms with Gasteiger partial charge in [0, 0.05) is 0 Å². The van der Waals surface area contributed by atoms with Crippen LogP contribution in [-0.2, 0) is 0 Å². The first-order valence-electron chi connectivity index (χ1n) is 18.7. The van der Waals surface area contributed by atoms with Gasteiger partial charge < -0.3 is 0 Å². The van der Waals surface area contributed by atoms with Gasteiger partial charge in [-0.1, -0.05) is 182 Å². The summed E-state index contributed by atoms with van der Waals surface area (Å²) >= 11 is 0. The standard InChI is InChI=1S/C54H36/c1-3-13-37(14-4-1)41-17-11-19-43(31-41)47-33-46(34-48(35-47)44-20-12-18-42(32-44)38-15-5-2-6-16-38)40-27-25-39(26-28-40)45-29-30-53-51-23-8-7-21-49(51)50-22-9-10-24-52(50)54(53)36-45/h1-36H. The Morgan fingerprint density at radius 3 is 0.852 bits per heavy atom. The predicted molar refractivity (Wildman–Crippen MR) is 232 cm³/mol. The minimum Gasteiger partial charge on any atom is -0.0622 e. The first kappa shape index (κ1) is 31.7. The highest BCUT2D eigenvalue weighted by atomic mass is 14.2. The maximum atomic E-state index is 2.37. The summed E-state index contributed by atoms with van der Waals surface area (Å²) in [6, 6.07) is 79.7. The molecule has 0 aliphatic rings. The molecule has 0 unspecified atom stereocenters. The summed E-state index contributed by atoms with van der Waals surface area (Å²) < 4.78 is 0. The molecule has 0 atom stereocenters. The Labute approximate surface area is 316 Å². The van der Waals surface area contributed by atoms with Gasteiger partial charge >= 0.3 is 0 Å². The van der Waals surface area contributed by atoms with Gasteiger partial charge in [0.2, 0.25) is 0 Å². The van der Waals surface area contributed by atoms with Crippen LogP contribution in [0.25, 0.3) is 99.1 Å². The van der Waals surface area contributed by atoms with E-state index >= 15 is 0 Å². The van der Waals surface area contributed by atoms with Gasteiger partial charge in [-0.3, -0.25) is 0 Å². The van der Waals surface area contributed by atoms with Crippen molar-refractivity contribution in [1.29, 1.82) is 0 Å². The van der Waals surface area contributed by atoms with Crippen LogP contribution in [0.5, 0.6) is 0 Å². The Morgan fingerprint density at radius 1 is 0.130 bits per heavy atom. The highest BCUT2D eigenvalue weighted by molar-refractivity contribution is 6.25. The van der Waals surface area contributed by atoms with Crippen molar-refractivity contribution in [1.82, 2.24) is 0 Å². The van der Waals surface area contributed by atoms with E-state index in [0.717, 1.165) is 0 Å². The van der Waals surface area contributed by atoms with Crippen molar-refractivity contribution in [3.05, 3.63) is 218 Å². The maximum absolute atomic E-state index is 2.37. The fraction of sp³-hybridized carbons (Fsp3) is 0. The molecular weight excluding hydrogens is 649 g/mol. The lowest BCUT2D eigenvalue weighted by Gasteiger charge is -2.14. The van der Waals surface area contributed by atoms with Crippen molar-refractivity contribution in [3.63, 3.8) is 0 Å². The van der Waals surface area contributed by atoms with Crippen molar-refractivity contribution < 1.29 is 0 Å². The molecule has 10 aromatic rings. The zero-order valence-corrected chi connectivity index (χ0v) is 29.8. The molecule has 0 aromatic heterocycles. The molecule has 0 aliphatic heterocycles. The van der Waals surface area contributed by atoms with Crippen LogP contribution in [0.1, 0.15) is 0 Å². The van der Waals surface area contributed by atoms with Gasteiger partial charge in [0.05, 0.1) is 0 Å². The summed E-state index contributed by atoms with van der Waals surface area (Å²) in [6.07, 6.45) is 0. The van der Waals surface area contributed by atoms with Gasteiger partial charge in [-0.15, -0.1) is 0 Å². The van der Waals surface area contributed by atoms with E-state index in [2.05, 4.69) is 218 Å². The Morgan fingerprint density at radius 2 is 0.389 bits per heavy atom. The number of hydrogen-bond donors (Lipinski definition) is 0. The molecule has 0 saturated carbocycles. The van der Waals surface area contributed by atoms with Crippen LogP contribution >= 0.6 is 0 Å². The van der Waals surface area contributed by atoms with E-state index in [9.17, 15) is 0 Å². The highest BCUT2D eigenvalue weighted by Crippen LogP contribution is 2.39. The molecule has 0 radical (unpaired) electrons. The van der Waals surface area contributed by atoms with Gasteiger partial charge in [-0.05, 0) is 135 Å². The Bertz CT molecular complexity index is 2820. The first-order chi connectivity index (χ1) is 26.7. The number of rotatable bonds is 6. The highest BCUT2D eigenvalue weighted by Gasteiger charge is 2.12. The van der Waals surface area contributed by atoms with Crippen LogP contribution in [0, 0.1) is 0 Å². The normalized spacial score (nSPS) is 11.3. The van der Waals surface area contributed by atoms with E-state index in [4.69, 9.17) is 0 Å².